The van der Waals surface area contributed by atoms with Crippen LogP contribution in [0.5, 0.6) is 0 Å². The van der Waals surface area contributed by atoms with E-state index in [2.05, 4.69) is 10.6 Å². The molecule has 6 heteroatoms. The molecule has 25 heavy (non-hydrogen) atoms. The third-order valence-electron chi connectivity index (χ3n) is 4.29. The fourth-order valence-electron chi connectivity index (χ4n) is 2.93. The van der Waals surface area contributed by atoms with Crippen LogP contribution in [0.15, 0.2) is 48.5 Å². The Hall–Kier alpha value is -2.89. The summed E-state index contributed by atoms with van der Waals surface area (Å²) in [6, 6.07) is 12.6. The van der Waals surface area contributed by atoms with Gasteiger partial charge in [-0.3, -0.25) is 4.79 Å². The number of benzene rings is 2. The van der Waals surface area contributed by atoms with E-state index in [1.807, 2.05) is 31.2 Å². The van der Waals surface area contributed by atoms with E-state index in [-0.39, 0.29) is 23.8 Å². The van der Waals surface area contributed by atoms with Crippen molar-refractivity contribution in [3.05, 3.63) is 65.5 Å². The second-order valence-corrected chi connectivity index (χ2v) is 6.16. The maximum atomic E-state index is 12.9. The number of nitrogens with zero attached hydrogens (tertiary/aromatic N) is 1. The van der Waals surface area contributed by atoms with E-state index in [0.29, 0.717) is 30.8 Å². The third kappa shape index (κ3) is 4.15. The summed E-state index contributed by atoms with van der Waals surface area (Å²) < 4.78 is 12.9. The van der Waals surface area contributed by atoms with Crippen LogP contribution >= 0.6 is 0 Å². The molecular formula is C19H20FN3O2. The number of likely N-dealkylation sites (tertiary alicyclic amines) is 1. The number of anilines is 1. The molecular weight excluding hydrogens is 321 g/mol. The molecule has 3 amide bonds. The number of carbonyl (C=O) groups is 2. The highest BCUT2D eigenvalue weighted by Crippen LogP contribution is 2.16. The van der Waals surface area contributed by atoms with Crippen LogP contribution in [0.3, 0.4) is 0 Å². The second kappa shape index (κ2) is 7.34. The predicted octanol–water partition coefficient (Wildman–Crippen LogP) is 3.17. The van der Waals surface area contributed by atoms with Gasteiger partial charge in [-0.05, 0) is 49.2 Å². The molecule has 0 saturated carbocycles. The molecule has 5 nitrogen and oxygen atoms in total. The minimum absolute atomic E-state index is 0.0126. The Balaban J connectivity index is 1.54. The number of amides is 3. The highest BCUT2D eigenvalue weighted by Gasteiger charge is 2.28. The molecule has 2 N–H and O–H groups in total. The van der Waals surface area contributed by atoms with Crippen molar-refractivity contribution in [1.82, 2.24) is 10.2 Å². The number of hydrogen-bond donors (Lipinski definition) is 2. The number of halogens is 1. The van der Waals surface area contributed by atoms with E-state index < -0.39 is 0 Å². The molecule has 0 aliphatic carbocycles. The fourth-order valence-corrected chi connectivity index (χ4v) is 2.93. The minimum atomic E-state index is -0.359. The van der Waals surface area contributed by atoms with Crippen molar-refractivity contribution in [3.63, 3.8) is 0 Å². The molecule has 130 valence electrons. The Morgan fingerprint density at radius 3 is 2.56 bits per heavy atom. The molecule has 1 atom stereocenters. The molecule has 0 spiro atoms. The standard InChI is InChI=1S/C19H20FN3O2/c1-13-4-2-3-5-17(13)18(24)23-11-10-16(12-23)22-19(25)21-15-8-6-14(20)7-9-15/h2-9,16H,10-12H2,1H3,(H2,21,22,25)/t16-/m0/s1. The topological polar surface area (TPSA) is 61.4 Å². The van der Waals surface area contributed by atoms with Crippen molar-refractivity contribution in [2.45, 2.75) is 19.4 Å². The predicted molar refractivity (Wildman–Crippen MR) is 94.0 cm³/mol. The van der Waals surface area contributed by atoms with Crippen molar-refractivity contribution < 1.29 is 14.0 Å². The lowest BCUT2D eigenvalue weighted by molar-refractivity contribution is 0.0789. The Bertz CT molecular complexity index is 776. The van der Waals surface area contributed by atoms with Gasteiger partial charge in [-0.25, -0.2) is 9.18 Å². The van der Waals surface area contributed by atoms with Crippen molar-refractivity contribution in [1.29, 1.82) is 0 Å². The van der Waals surface area contributed by atoms with Gasteiger partial charge >= 0.3 is 6.03 Å². The van der Waals surface area contributed by atoms with Crippen LogP contribution in [0, 0.1) is 12.7 Å². The van der Waals surface area contributed by atoms with Crippen LogP contribution in [-0.2, 0) is 0 Å². The number of nitrogens with one attached hydrogen (secondary N) is 2. The Morgan fingerprint density at radius 2 is 1.84 bits per heavy atom. The second-order valence-electron chi connectivity index (χ2n) is 6.16. The summed E-state index contributed by atoms with van der Waals surface area (Å²) >= 11 is 0. The number of urea groups is 1. The molecule has 2 aromatic carbocycles. The van der Waals surface area contributed by atoms with Gasteiger partial charge in [0.1, 0.15) is 5.82 Å². The van der Waals surface area contributed by atoms with Crippen molar-refractivity contribution in [2.24, 2.45) is 0 Å². The minimum Gasteiger partial charge on any atom is -0.337 e. The lowest BCUT2D eigenvalue weighted by Crippen LogP contribution is -2.40. The Morgan fingerprint density at radius 1 is 1.12 bits per heavy atom. The monoisotopic (exact) mass is 341 g/mol. The first-order valence-electron chi connectivity index (χ1n) is 8.21. The van der Waals surface area contributed by atoms with Crippen molar-refractivity contribution in [2.75, 3.05) is 18.4 Å². The fraction of sp³-hybridized carbons (Fsp3) is 0.263. The Kier molecular flexibility index (Phi) is 4.97. The quantitative estimate of drug-likeness (QED) is 0.901. The first-order chi connectivity index (χ1) is 12.0. The largest absolute Gasteiger partial charge is 0.337 e. The van der Waals surface area contributed by atoms with E-state index in [1.54, 1.807) is 4.90 Å². The lowest BCUT2D eigenvalue weighted by Gasteiger charge is -2.18. The zero-order chi connectivity index (χ0) is 17.8. The highest BCUT2D eigenvalue weighted by atomic mass is 19.1. The first kappa shape index (κ1) is 17.0. The Labute approximate surface area is 145 Å². The van der Waals surface area contributed by atoms with Crippen LogP contribution in [-0.4, -0.2) is 36.0 Å². The molecule has 0 aromatic heterocycles. The lowest BCUT2D eigenvalue weighted by atomic mass is 10.1. The van der Waals surface area contributed by atoms with Crippen LogP contribution in [0.25, 0.3) is 0 Å². The molecule has 1 fully saturated rings. The van der Waals surface area contributed by atoms with Gasteiger partial charge in [0, 0.05) is 30.4 Å². The third-order valence-corrected chi connectivity index (χ3v) is 4.29. The zero-order valence-electron chi connectivity index (χ0n) is 14.0. The van der Waals surface area contributed by atoms with Crippen molar-refractivity contribution in [3.8, 4) is 0 Å². The molecule has 0 bridgehead atoms. The summed E-state index contributed by atoms with van der Waals surface area (Å²) in [6.45, 7) is 2.99. The maximum Gasteiger partial charge on any atom is 0.319 e. The van der Waals surface area contributed by atoms with Gasteiger partial charge in [0.15, 0.2) is 0 Å². The zero-order valence-corrected chi connectivity index (χ0v) is 14.0. The number of aryl methyl sites for hydroxylation is 1. The summed E-state index contributed by atoms with van der Waals surface area (Å²) in [5.41, 5.74) is 2.15. The summed E-state index contributed by atoms with van der Waals surface area (Å²) in [7, 11) is 0. The molecule has 0 radical (unpaired) electrons. The van der Waals surface area contributed by atoms with E-state index in [1.165, 1.54) is 24.3 Å². The van der Waals surface area contributed by atoms with Crippen LogP contribution in [0.1, 0.15) is 22.3 Å². The molecule has 2 aromatic rings. The van der Waals surface area contributed by atoms with Gasteiger partial charge in [0.05, 0.1) is 0 Å². The number of rotatable bonds is 3. The SMILES string of the molecule is Cc1ccccc1C(=O)N1CC[C@H](NC(=O)Nc2ccc(F)cc2)C1. The molecule has 3 rings (SSSR count). The smallest absolute Gasteiger partial charge is 0.319 e. The van der Waals surface area contributed by atoms with Crippen LogP contribution in [0.2, 0.25) is 0 Å². The summed E-state index contributed by atoms with van der Waals surface area (Å²) in [4.78, 5) is 26.4. The van der Waals surface area contributed by atoms with Crippen LogP contribution < -0.4 is 10.6 Å². The highest BCUT2D eigenvalue weighted by molar-refractivity contribution is 5.96. The van der Waals surface area contributed by atoms with E-state index >= 15 is 0 Å². The van der Waals surface area contributed by atoms with Gasteiger partial charge in [-0.1, -0.05) is 18.2 Å². The summed E-state index contributed by atoms with van der Waals surface area (Å²) in [6.07, 6.45) is 0.703. The summed E-state index contributed by atoms with van der Waals surface area (Å²) in [5.74, 6) is -0.367. The number of carbonyl (C=O) groups excluding carboxylic acids is 2. The van der Waals surface area contributed by atoms with E-state index in [4.69, 9.17) is 0 Å². The van der Waals surface area contributed by atoms with Gasteiger partial charge in [0.2, 0.25) is 0 Å². The van der Waals surface area contributed by atoms with Gasteiger partial charge in [-0.2, -0.15) is 0 Å². The number of hydrogen-bond acceptors (Lipinski definition) is 2. The van der Waals surface area contributed by atoms with E-state index in [0.717, 1.165) is 5.56 Å². The van der Waals surface area contributed by atoms with Crippen molar-refractivity contribution >= 4 is 17.6 Å². The average Bonchev–Trinajstić information content (AvgIpc) is 3.05. The summed E-state index contributed by atoms with van der Waals surface area (Å²) in [5, 5.41) is 5.52. The van der Waals surface area contributed by atoms with Gasteiger partial charge in [-0.15, -0.1) is 0 Å². The van der Waals surface area contributed by atoms with Gasteiger partial charge in [0.25, 0.3) is 5.91 Å². The molecule has 1 heterocycles. The maximum absolute atomic E-state index is 12.9. The normalized spacial score (nSPS) is 16.6. The molecule has 1 aliphatic rings. The molecule has 1 saturated heterocycles. The average molecular weight is 341 g/mol. The van der Waals surface area contributed by atoms with Gasteiger partial charge < -0.3 is 15.5 Å². The first-order valence-corrected chi connectivity index (χ1v) is 8.21. The molecule has 1 aliphatic heterocycles. The van der Waals surface area contributed by atoms with Crippen LogP contribution in [0.4, 0.5) is 14.9 Å². The molecule has 0 unspecified atom stereocenters. The van der Waals surface area contributed by atoms with E-state index in [9.17, 15) is 14.0 Å².